The second-order valence-corrected chi connectivity index (χ2v) is 6.55. The van der Waals surface area contributed by atoms with Crippen LogP contribution in [-0.4, -0.2) is 37.7 Å². The minimum Gasteiger partial charge on any atom is -0.376 e. The molecule has 1 heterocycles. The van der Waals surface area contributed by atoms with Gasteiger partial charge in [-0.25, -0.2) is 4.79 Å². The monoisotopic (exact) mass is 398 g/mol. The standard InChI is InChI=1S/C19H30N4O3.ClH/c20-12-4-2-1-3-7-18(24)22-15-8-10-16(11-9-15)23-19(25)21-14-17-6-5-13-26-17;/h8-11,17H,1-7,12-14,20H2,(H,22,24)(H2,21,23,25);1H. The molecule has 1 aromatic carbocycles. The summed E-state index contributed by atoms with van der Waals surface area (Å²) in [4.78, 5) is 23.8. The number of rotatable bonds is 10. The Balaban J connectivity index is 0.00000364. The number of halogens is 1. The van der Waals surface area contributed by atoms with Crippen molar-refractivity contribution >= 4 is 35.7 Å². The highest BCUT2D eigenvalue weighted by atomic mass is 35.5. The fourth-order valence-electron chi connectivity index (χ4n) is 2.83. The first-order valence-electron chi connectivity index (χ1n) is 9.44. The molecular formula is C19H31ClN4O3. The molecule has 0 saturated carbocycles. The number of benzene rings is 1. The summed E-state index contributed by atoms with van der Waals surface area (Å²) in [5, 5.41) is 8.44. The first kappa shape index (κ1) is 23.2. The van der Waals surface area contributed by atoms with E-state index in [1.807, 2.05) is 0 Å². The van der Waals surface area contributed by atoms with Crippen LogP contribution in [0, 0.1) is 0 Å². The van der Waals surface area contributed by atoms with E-state index in [0.29, 0.717) is 25.2 Å². The average molecular weight is 399 g/mol. The number of anilines is 2. The maximum atomic E-state index is 11.9. The van der Waals surface area contributed by atoms with Crippen LogP contribution in [0.25, 0.3) is 0 Å². The van der Waals surface area contributed by atoms with Gasteiger partial charge in [-0.1, -0.05) is 12.8 Å². The van der Waals surface area contributed by atoms with Crippen molar-refractivity contribution in [3.63, 3.8) is 0 Å². The Bertz CT molecular complexity index is 563. The summed E-state index contributed by atoms with van der Waals surface area (Å²) in [5.41, 5.74) is 6.85. The van der Waals surface area contributed by atoms with E-state index in [4.69, 9.17) is 10.5 Å². The van der Waals surface area contributed by atoms with E-state index in [1.54, 1.807) is 24.3 Å². The lowest BCUT2D eigenvalue weighted by molar-refractivity contribution is -0.116. The number of unbranched alkanes of at least 4 members (excludes halogenated alkanes) is 3. The lowest BCUT2D eigenvalue weighted by Crippen LogP contribution is -2.35. The number of carbonyl (C=O) groups is 2. The number of amides is 3. The highest BCUT2D eigenvalue weighted by Gasteiger charge is 2.16. The predicted molar refractivity (Wildman–Crippen MR) is 110 cm³/mol. The van der Waals surface area contributed by atoms with Gasteiger partial charge >= 0.3 is 6.03 Å². The number of nitrogens with two attached hydrogens (primary N) is 1. The zero-order valence-corrected chi connectivity index (χ0v) is 16.5. The Morgan fingerprint density at radius 1 is 1.04 bits per heavy atom. The third-order valence-corrected chi connectivity index (χ3v) is 4.30. The fraction of sp³-hybridized carbons (Fsp3) is 0.579. The van der Waals surface area contributed by atoms with E-state index < -0.39 is 0 Å². The smallest absolute Gasteiger partial charge is 0.319 e. The summed E-state index contributed by atoms with van der Waals surface area (Å²) in [5.74, 6) is 0.00719. The normalized spacial score (nSPS) is 15.7. The van der Waals surface area contributed by atoms with E-state index in [0.717, 1.165) is 50.8 Å². The number of ether oxygens (including phenoxy) is 1. The molecule has 2 rings (SSSR count). The zero-order chi connectivity index (χ0) is 18.6. The van der Waals surface area contributed by atoms with Crippen LogP contribution < -0.4 is 21.7 Å². The molecule has 1 aliphatic rings. The van der Waals surface area contributed by atoms with Gasteiger partial charge in [-0.15, -0.1) is 12.4 Å². The summed E-state index contributed by atoms with van der Waals surface area (Å²) in [6.45, 7) is 2.00. The van der Waals surface area contributed by atoms with Crippen LogP contribution in [0.4, 0.5) is 16.2 Å². The van der Waals surface area contributed by atoms with E-state index in [9.17, 15) is 9.59 Å². The molecule has 0 spiro atoms. The zero-order valence-electron chi connectivity index (χ0n) is 15.7. The van der Waals surface area contributed by atoms with Crippen LogP contribution in [0.3, 0.4) is 0 Å². The molecule has 1 saturated heterocycles. The van der Waals surface area contributed by atoms with Crippen molar-refractivity contribution in [1.29, 1.82) is 0 Å². The molecule has 1 aliphatic heterocycles. The molecule has 1 unspecified atom stereocenters. The van der Waals surface area contributed by atoms with Gasteiger partial charge in [-0.2, -0.15) is 0 Å². The Labute approximate surface area is 167 Å². The number of hydrogen-bond donors (Lipinski definition) is 4. The van der Waals surface area contributed by atoms with Crippen LogP contribution in [0.5, 0.6) is 0 Å². The van der Waals surface area contributed by atoms with Crippen molar-refractivity contribution < 1.29 is 14.3 Å². The second-order valence-electron chi connectivity index (χ2n) is 6.55. The largest absolute Gasteiger partial charge is 0.376 e. The molecule has 152 valence electrons. The SMILES string of the molecule is Cl.NCCCCCCC(=O)Nc1ccc(NC(=O)NCC2CCCO2)cc1. The molecule has 0 aromatic heterocycles. The third kappa shape index (κ3) is 9.60. The maximum absolute atomic E-state index is 11.9. The second kappa shape index (κ2) is 13.4. The molecule has 7 nitrogen and oxygen atoms in total. The Morgan fingerprint density at radius 3 is 2.33 bits per heavy atom. The summed E-state index contributed by atoms with van der Waals surface area (Å²) >= 11 is 0. The molecule has 3 amide bonds. The Kier molecular flexibility index (Phi) is 11.5. The maximum Gasteiger partial charge on any atom is 0.319 e. The minimum absolute atomic E-state index is 0. The number of hydrogen-bond acceptors (Lipinski definition) is 4. The van der Waals surface area contributed by atoms with Crippen LogP contribution >= 0.6 is 12.4 Å². The molecular weight excluding hydrogens is 368 g/mol. The number of carbonyl (C=O) groups excluding carboxylic acids is 2. The van der Waals surface area contributed by atoms with Crippen molar-refractivity contribution in [1.82, 2.24) is 5.32 Å². The molecule has 1 fully saturated rings. The number of urea groups is 1. The molecule has 1 aromatic rings. The lowest BCUT2D eigenvalue weighted by Gasteiger charge is -2.12. The highest BCUT2D eigenvalue weighted by molar-refractivity contribution is 5.92. The summed E-state index contributed by atoms with van der Waals surface area (Å²) in [6.07, 6.45) is 6.64. The average Bonchev–Trinajstić information content (AvgIpc) is 3.15. The van der Waals surface area contributed by atoms with Gasteiger partial charge in [0.05, 0.1) is 6.10 Å². The van der Waals surface area contributed by atoms with E-state index in [2.05, 4.69) is 16.0 Å². The molecule has 0 aliphatic carbocycles. The molecule has 27 heavy (non-hydrogen) atoms. The number of nitrogens with one attached hydrogen (secondary N) is 3. The van der Waals surface area contributed by atoms with Crippen molar-refractivity contribution in [3.05, 3.63) is 24.3 Å². The Hall–Kier alpha value is -1.83. The molecule has 1 atom stereocenters. The van der Waals surface area contributed by atoms with Crippen molar-refractivity contribution in [2.45, 2.75) is 51.0 Å². The van der Waals surface area contributed by atoms with Crippen LogP contribution in [0.15, 0.2) is 24.3 Å². The quantitative estimate of drug-likeness (QED) is 0.454. The van der Waals surface area contributed by atoms with Gasteiger partial charge < -0.3 is 26.4 Å². The van der Waals surface area contributed by atoms with Gasteiger partial charge in [0, 0.05) is 30.9 Å². The first-order valence-corrected chi connectivity index (χ1v) is 9.44. The van der Waals surface area contributed by atoms with Crippen molar-refractivity contribution in [2.75, 3.05) is 30.3 Å². The molecule has 0 bridgehead atoms. The van der Waals surface area contributed by atoms with Gasteiger partial charge in [0.15, 0.2) is 0 Å². The predicted octanol–water partition coefficient (Wildman–Crippen LogP) is 3.26. The summed E-state index contributed by atoms with van der Waals surface area (Å²) in [7, 11) is 0. The third-order valence-electron chi connectivity index (χ3n) is 4.30. The summed E-state index contributed by atoms with van der Waals surface area (Å²) < 4.78 is 5.47. The highest BCUT2D eigenvalue weighted by Crippen LogP contribution is 2.15. The van der Waals surface area contributed by atoms with Crippen LogP contribution in [-0.2, 0) is 9.53 Å². The fourth-order valence-corrected chi connectivity index (χ4v) is 2.83. The van der Waals surface area contributed by atoms with Crippen molar-refractivity contribution in [2.24, 2.45) is 5.73 Å². The topological polar surface area (TPSA) is 105 Å². The van der Waals surface area contributed by atoms with Gasteiger partial charge in [0.1, 0.15) is 0 Å². The van der Waals surface area contributed by atoms with Crippen LogP contribution in [0.2, 0.25) is 0 Å². The van der Waals surface area contributed by atoms with Gasteiger partial charge in [-0.3, -0.25) is 4.79 Å². The molecule has 8 heteroatoms. The van der Waals surface area contributed by atoms with Crippen molar-refractivity contribution in [3.8, 4) is 0 Å². The summed E-state index contributed by atoms with van der Waals surface area (Å²) in [6, 6.07) is 6.84. The van der Waals surface area contributed by atoms with Gasteiger partial charge in [0.2, 0.25) is 5.91 Å². The first-order chi connectivity index (χ1) is 12.7. The molecule has 0 radical (unpaired) electrons. The van der Waals surface area contributed by atoms with Gasteiger partial charge in [0.25, 0.3) is 0 Å². The molecule has 5 N–H and O–H groups in total. The lowest BCUT2D eigenvalue weighted by atomic mass is 10.1. The van der Waals surface area contributed by atoms with E-state index in [1.165, 1.54) is 0 Å². The van der Waals surface area contributed by atoms with E-state index >= 15 is 0 Å². The van der Waals surface area contributed by atoms with E-state index in [-0.39, 0.29) is 30.4 Å². The Morgan fingerprint density at radius 2 is 1.70 bits per heavy atom. The van der Waals surface area contributed by atoms with Gasteiger partial charge in [-0.05, 0) is 56.5 Å². The van der Waals surface area contributed by atoms with Crippen LogP contribution in [0.1, 0.15) is 44.9 Å². The minimum atomic E-state index is -0.255.